The molecule has 2 aromatic carbocycles. The second kappa shape index (κ2) is 11.4. The normalized spacial score (nSPS) is 14.5. The van der Waals surface area contributed by atoms with E-state index in [4.69, 9.17) is 4.98 Å². The molecule has 0 atom stereocenters. The van der Waals surface area contributed by atoms with Crippen LogP contribution in [0.2, 0.25) is 0 Å². The van der Waals surface area contributed by atoms with E-state index in [-0.39, 0.29) is 10.8 Å². The predicted molar refractivity (Wildman–Crippen MR) is 146 cm³/mol. The number of thiazole rings is 1. The summed E-state index contributed by atoms with van der Waals surface area (Å²) in [6.45, 7) is 0. The van der Waals surface area contributed by atoms with Gasteiger partial charge in [0.2, 0.25) is 5.88 Å². The topological polar surface area (TPSA) is 78.9 Å². The third-order valence-corrected chi connectivity index (χ3v) is 8.78. The molecule has 0 bridgehead atoms. The number of rotatable bonds is 9. The monoisotopic (exact) mass is 505 g/mol. The molecule has 2 aromatic heterocycles. The lowest BCUT2D eigenvalue weighted by Gasteiger charge is -2.21. The van der Waals surface area contributed by atoms with Gasteiger partial charge in [0.25, 0.3) is 0 Å². The third kappa shape index (κ3) is 6.33. The summed E-state index contributed by atoms with van der Waals surface area (Å²) in [5.41, 5.74) is 6.46. The van der Waals surface area contributed by atoms with Gasteiger partial charge in [0, 0.05) is 12.6 Å². The van der Waals surface area contributed by atoms with Gasteiger partial charge in [0.15, 0.2) is 0 Å². The quantitative estimate of drug-likeness (QED) is 0.268. The van der Waals surface area contributed by atoms with Crippen LogP contribution in [-0.4, -0.2) is 31.6 Å². The molecule has 1 fully saturated rings. The first kappa shape index (κ1) is 24.1. The van der Waals surface area contributed by atoms with Crippen LogP contribution in [0, 0.1) is 5.92 Å². The fourth-order valence-electron chi connectivity index (χ4n) is 4.90. The zero-order valence-corrected chi connectivity index (χ0v) is 21.5. The molecule has 5 rings (SSSR count). The largest absolute Gasteiger partial charge is 0.494 e. The maximum Gasteiger partial charge on any atom is 0.307 e. The van der Waals surface area contributed by atoms with Crippen molar-refractivity contribution < 1.29 is 5.11 Å². The summed E-state index contributed by atoms with van der Waals surface area (Å²) >= 11 is 3.12. The number of nitrogens with one attached hydrogen (secondary N) is 1. The van der Waals surface area contributed by atoms with Crippen LogP contribution in [-0.2, 0) is 19.3 Å². The van der Waals surface area contributed by atoms with Gasteiger partial charge in [-0.2, -0.15) is 11.8 Å². The van der Waals surface area contributed by atoms with E-state index in [0.29, 0.717) is 11.3 Å². The standard InChI is InChI=1S/C28H31N3O2S2/c32-27-26(35-28(33)31-27)17-23-18-29-24-10-9-20(16-25(24)30-23)15-22-8-4-3-7-21(22)6-2-1-5-19-11-13-34-14-12-19/h3-4,7-10,16,18-19,32H,1-2,5-6,11-15,17H2,(H,31,33). The fourth-order valence-corrected chi connectivity index (χ4v) is 6.85. The zero-order chi connectivity index (χ0) is 24.0. The van der Waals surface area contributed by atoms with Gasteiger partial charge >= 0.3 is 4.87 Å². The van der Waals surface area contributed by atoms with Crippen molar-refractivity contribution in [2.75, 3.05) is 11.5 Å². The van der Waals surface area contributed by atoms with Crippen molar-refractivity contribution in [3.8, 4) is 5.88 Å². The van der Waals surface area contributed by atoms with Crippen molar-refractivity contribution in [1.82, 2.24) is 15.0 Å². The number of benzene rings is 2. The van der Waals surface area contributed by atoms with Gasteiger partial charge in [-0.05, 0) is 78.4 Å². The minimum Gasteiger partial charge on any atom is -0.494 e. The number of hydrogen-bond acceptors (Lipinski definition) is 6. The molecule has 3 heterocycles. The summed E-state index contributed by atoms with van der Waals surface area (Å²) < 4.78 is 0. The van der Waals surface area contributed by atoms with Crippen molar-refractivity contribution >= 4 is 34.1 Å². The lowest BCUT2D eigenvalue weighted by molar-refractivity contribution is 0.432. The average molecular weight is 506 g/mol. The lowest BCUT2D eigenvalue weighted by Crippen LogP contribution is -2.09. The first-order chi connectivity index (χ1) is 17.1. The van der Waals surface area contributed by atoms with E-state index >= 15 is 0 Å². The van der Waals surface area contributed by atoms with E-state index in [0.717, 1.165) is 46.8 Å². The van der Waals surface area contributed by atoms with Crippen LogP contribution in [0.3, 0.4) is 0 Å². The SMILES string of the molecule is O=c1[nH]c(O)c(Cc2cnc3ccc(Cc4ccccc4CCCCC4CCSCC4)cc3n2)s1. The van der Waals surface area contributed by atoms with E-state index in [1.54, 1.807) is 6.20 Å². The molecule has 4 aromatic rings. The number of thioether (sulfide) groups is 1. The number of aryl methyl sites for hydroxylation is 1. The molecule has 7 heteroatoms. The number of nitrogens with zero attached hydrogens (tertiary/aromatic N) is 2. The Kier molecular flexibility index (Phi) is 7.84. The molecule has 0 aliphatic carbocycles. The van der Waals surface area contributed by atoms with Gasteiger partial charge in [-0.25, -0.2) is 4.98 Å². The Balaban J connectivity index is 1.25. The van der Waals surface area contributed by atoms with Gasteiger partial charge in [0.05, 0.1) is 21.6 Å². The molecule has 2 N–H and O–H groups in total. The van der Waals surface area contributed by atoms with Crippen molar-refractivity contribution in [1.29, 1.82) is 0 Å². The van der Waals surface area contributed by atoms with Crippen molar-refractivity contribution in [2.45, 2.75) is 51.4 Å². The second-order valence-electron chi connectivity index (χ2n) is 9.39. The molecule has 5 nitrogen and oxygen atoms in total. The maximum absolute atomic E-state index is 11.5. The Morgan fingerprint density at radius 3 is 2.63 bits per heavy atom. The van der Waals surface area contributed by atoms with Gasteiger partial charge in [-0.1, -0.05) is 54.5 Å². The van der Waals surface area contributed by atoms with Gasteiger partial charge in [0.1, 0.15) is 0 Å². The number of hydrogen-bond donors (Lipinski definition) is 2. The van der Waals surface area contributed by atoms with E-state index in [1.807, 2.05) is 6.07 Å². The highest BCUT2D eigenvalue weighted by molar-refractivity contribution is 7.99. The molecule has 0 radical (unpaired) electrons. The predicted octanol–water partition coefficient (Wildman–Crippen LogP) is 6.12. The summed E-state index contributed by atoms with van der Waals surface area (Å²) in [7, 11) is 0. The molecule has 182 valence electrons. The number of fused-ring (bicyclic) bond motifs is 1. The minimum atomic E-state index is -0.264. The van der Waals surface area contributed by atoms with Crippen LogP contribution in [0.5, 0.6) is 5.88 Å². The van der Waals surface area contributed by atoms with E-state index in [2.05, 4.69) is 58.1 Å². The smallest absolute Gasteiger partial charge is 0.307 e. The Labute approximate surface area is 214 Å². The highest BCUT2D eigenvalue weighted by Crippen LogP contribution is 2.27. The Morgan fingerprint density at radius 2 is 1.83 bits per heavy atom. The van der Waals surface area contributed by atoms with Crippen molar-refractivity contribution in [3.63, 3.8) is 0 Å². The first-order valence-corrected chi connectivity index (χ1v) is 14.4. The van der Waals surface area contributed by atoms with Crippen LogP contribution in [0.1, 0.15) is 59.4 Å². The van der Waals surface area contributed by atoms with Crippen LogP contribution < -0.4 is 4.87 Å². The molecule has 0 unspecified atom stereocenters. The molecule has 1 aliphatic heterocycles. The minimum absolute atomic E-state index is 0.0787. The molecule has 35 heavy (non-hydrogen) atoms. The van der Waals surface area contributed by atoms with Crippen LogP contribution in [0.4, 0.5) is 0 Å². The fraction of sp³-hybridized carbons (Fsp3) is 0.393. The Bertz CT molecular complexity index is 1340. The highest BCUT2D eigenvalue weighted by atomic mass is 32.2. The first-order valence-electron chi connectivity index (χ1n) is 12.4. The molecule has 0 amide bonds. The van der Waals surface area contributed by atoms with Gasteiger partial charge in [-0.15, -0.1) is 0 Å². The van der Waals surface area contributed by atoms with Crippen molar-refractivity contribution in [3.05, 3.63) is 85.6 Å². The van der Waals surface area contributed by atoms with Crippen LogP contribution in [0.15, 0.2) is 53.5 Å². The van der Waals surface area contributed by atoms with Crippen LogP contribution in [0.25, 0.3) is 11.0 Å². The number of H-pyrrole nitrogens is 1. The number of unbranched alkanes of at least 4 members (excludes halogenated alkanes) is 1. The summed E-state index contributed by atoms with van der Waals surface area (Å²) in [4.78, 5) is 23.5. The van der Waals surface area contributed by atoms with E-state index in [1.165, 1.54) is 60.3 Å². The molecule has 1 aliphatic rings. The highest BCUT2D eigenvalue weighted by Gasteiger charge is 2.13. The molecule has 0 saturated carbocycles. The number of aromatic amines is 1. The molecular formula is C28H31N3O2S2. The number of aromatic hydroxyl groups is 1. The third-order valence-electron chi connectivity index (χ3n) is 6.86. The lowest BCUT2D eigenvalue weighted by atomic mass is 9.93. The van der Waals surface area contributed by atoms with Crippen LogP contribution >= 0.6 is 23.1 Å². The Hall–Kier alpha value is -2.64. The zero-order valence-electron chi connectivity index (χ0n) is 19.8. The number of aromatic nitrogens is 3. The van der Waals surface area contributed by atoms with Gasteiger partial charge in [-0.3, -0.25) is 14.8 Å². The maximum atomic E-state index is 11.5. The van der Waals surface area contributed by atoms with Crippen molar-refractivity contribution in [2.24, 2.45) is 5.92 Å². The summed E-state index contributed by atoms with van der Waals surface area (Å²) in [6, 6.07) is 15.1. The molecule has 1 saturated heterocycles. The second-order valence-corrected chi connectivity index (χ2v) is 11.7. The average Bonchev–Trinajstić information content (AvgIpc) is 3.19. The summed E-state index contributed by atoms with van der Waals surface area (Å²) in [6.07, 6.45) is 10.9. The Morgan fingerprint density at radius 1 is 1.00 bits per heavy atom. The van der Waals surface area contributed by atoms with E-state index in [9.17, 15) is 9.90 Å². The van der Waals surface area contributed by atoms with Gasteiger partial charge < -0.3 is 5.11 Å². The molecular weight excluding hydrogens is 474 g/mol. The summed E-state index contributed by atoms with van der Waals surface area (Å²) in [5.74, 6) is 3.56. The summed E-state index contributed by atoms with van der Waals surface area (Å²) in [5, 5.41) is 9.89. The molecule has 0 spiro atoms. The van der Waals surface area contributed by atoms with E-state index < -0.39 is 0 Å².